The Kier molecular flexibility index (Phi) is 2.14. The minimum atomic E-state index is -1.11. The average Bonchev–Trinajstić information content (AvgIpc) is 2.42. The number of hydrogen-bond donors (Lipinski definition) is 1. The van der Waals surface area contributed by atoms with Crippen molar-refractivity contribution < 1.29 is 9.90 Å². The van der Waals surface area contributed by atoms with Gasteiger partial charge in [0.25, 0.3) is 0 Å². The van der Waals surface area contributed by atoms with Gasteiger partial charge in [-0.1, -0.05) is 0 Å². The molecule has 0 spiro atoms. The van der Waals surface area contributed by atoms with Crippen LogP contribution in [0.25, 0.3) is 11.0 Å². The van der Waals surface area contributed by atoms with E-state index in [1.807, 2.05) is 13.2 Å². The number of fused-ring (bicyclic) bond motifs is 1. The second kappa shape index (κ2) is 3.19. The molecule has 1 N–H and O–H groups in total. The third-order valence-electron chi connectivity index (χ3n) is 1.86. The molecule has 2 aromatic rings. The third-order valence-corrected chi connectivity index (χ3v) is 2.72. The Labute approximate surface area is 92.9 Å². The molecule has 72 valence electrons. The molecule has 14 heavy (non-hydrogen) atoms. The van der Waals surface area contributed by atoms with Crippen molar-refractivity contribution in [1.29, 1.82) is 0 Å². The van der Waals surface area contributed by atoms with Crippen LogP contribution in [-0.4, -0.2) is 25.6 Å². The first kappa shape index (κ1) is 9.38. The minimum absolute atomic E-state index is 0.171. The molecule has 0 atom stereocenters. The zero-order valence-electron chi connectivity index (χ0n) is 7.23. The molecule has 0 aromatic carbocycles. The number of rotatable bonds is 1. The number of hydrogen-bond acceptors (Lipinski definition) is 3. The monoisotopic (exact) mass is 303 g/mol. The van der Waals surface area contributed by atoms with Crippen LogP contribution < -0.4 is 0 Å². The second-order valence-corrected chi connectivity index (χ2v) is 3.99. The fourth-order valence-electron chi connectivity index (χ4n) is 1.21. The van der Waals surface area contributed by atoms with E-state index in [4.69, 9.17) is 5.11 Å². The van der Waals surface area contributed by atoms with E-state index in [2.05, 4.69) is 32.6 Å². The first-order chi connectivity index (χ1) is 6.59. The number of carbonyl (C=O) groups is 1. The Morgan fingerprint density at radius 2 is 2.36 bits per heavy atom. The highest BCUT2D eigenvalue weighted by molar-refractivity contribution is 14.1. The Morgan fingerprint density at radius 1 is 1.64 bits per heavy atom. The molecule has 2 rings (SSSR count). The minimum Gasteiger partial charge on any atom is -0.475 e. The number of carboxylic acid groups (broad SMARTS) is 1. The van der Waals surface area contributed by atoms with Gasteiger partial charge in [0.15, 0.2) is 0 Å². The smallest absolute Gasteiger partial charge is 0.374 e. The lowest BCUT2D eigenvalue weighted by Gasteiger charge is -1.95. The van der Waals surface area contributed by atoms with Gasteiger partial charge in [0.05, 0.1) is 5.39 Å². The highest BCUT2D eigenvalue weighted by Crippen LogP contribution is 2.19. The highest BCUT2D eigenvalue weighted by atomic mass is 127. The standard InChI is InChI=1S/C8H6IN3O2/c1-12-3-5(9)4-2-10-6(8(13)14)11-7(4)12/h2-3H,1H3,(H,13,14). The van der Waals surface area contributed by atoms with Gasteiger partial charge in [-0.3, -0.25) is 0 Å². The van der Waals surface area contributed by atoms with Crippen molar-refractivity contribution in [3.63, 3.8) is 0 Å². The lowest BCUT2D eigenvalue weighted by molar-refractivity contribution is 0.0684. The fourth-order valence-corrected chi connectivity index (χ4v) is 2.01. The molecule has 0 bridgehead atoms. The summed E-state index contributed by atoms with van der Waals surface area (Å²) in [5.41, 5.74) is 0.641. The third kappa shape index (κ3) is 1.35. The second-order valence-electron chi connectivity index (χ2n) is 2.82. The van der Waals surface area contributed by atoms with Crippen LogP contribution in [0.5, 0.6) is 0 Å². The predicted octanol–water partition coefficient (Wildman–Crippen LogP) is 1.27. The number of aromatic carboxylic acids is 1. The summed E-state index contributed by atoms with van der Waals surface area (Å²) in [7, 11) is 1.82. The van der Waals surface area contributed by atoms with Gasteiger partial charge >= 0.3 is 5.97 Å². The maximum Gasteiger partial charge on any atom is 0.374 e. The number of halogens is 1. The Morgan fingerprint density at radius 3 is 3.00 bits per heavy atom. The molecule has 0 aliphatic rings. The molecule has 0 amide bonds. The van der Waals surface area contributed by atoms with Crippen LogP contribution in [0.15, 0.2) is 12.4 Å². The largest absolute Gasteiger partial charge is 0.475 e. The van der Waals surface area contributed by atoms with E-state index in [0.717, 1.165) is 8.96 Å². The molecule has 0 radical (unpaired) electrons. The lowest BCUT2D eigenvalue weighted by Crippen LogP contribution is -2.04. The van der Waals surface area contributed by atoms with Crippen molar-refractivity contribution in [3.05, 3.63) is 21.8 Å². The topological polar surface area (TPSA) is 68.0 Å². The van der Waals surface area contributed by atoms with Crippen LogP contribution in [0.2, 0.25) is 0 Å². The molecule has 2 aromatic heterocycles. The van der Waals surface area contributed by atoms with E-state index < -0.39 is 5.97 Å². The van der Waals surface area contributed by atoms with Crippen molar-refractivity contribution in [1.82, 2.24) is 14.5 Å². The molecule has 0 saturated carbocycles. The summed E-state index contributed by atoms with van der Waals surface area (Å²) in [6.45, 7) is 0. The summed E-state index contributed by atoms with van der Waals surface area (Å²) in [6.07, 6.45) is 3.42. The molecule has 6 heteroatoms. The summed E-state index contributed by atoms with van der Waals surface area (Å²) in [5.74, 6) is -1.28. The SMILES string of the molecule is Cn1cc(I)c2cnc(C(=O)O)nc21. The van der Waals surface area contributed by atoms with Crippen LogP contribution in [0.4, 0.5) is 0 Å². The zero-order valence-corrected chi connectivity index (χ0v) is 9.39. The highest BCUT2D eigenvalue weighted by Gasteiger charge is 2.11. The van der Waals surface area contributed by atoms with E-state index in [-0.39, 0.29) is 5.82 Å². The number of nitrogens with zero attached hydrogens (tertiary/aromatic N) is 3. The summed E-state index contributed by atoms with van der Waals surface area (Å²) >= 11 is 2.16. The molecular formula is C8H6IN3O2. The molecule has 5 nitrogen and oxygen atoms in total. The fraction of sp³-hybridized carbons (Fsp3) is 0.125. The number of aryl methyl sites for hydroxylation is 1. The average molecular weight is 303 g/mol. The molecular weight excluding hydrogens is 297 g/mol. The van der Waals surface area contributed by atoms with Gasteiger partial charge in [-0.15, -0.1) is 0 Å². The van der Waals surface area contributed by atoms with Crippen molar-refractivity contribution >= 4 is 39.6 Å². The van der Waals surface area contributed by atoms with Crippen molar-refractivity contribution in [2.24, 2.45) is 7.05 Å². The molecule has 0 unspecified atom stereocenters. The van der Waals surface area contributed by atoms with Gasteiger partial charge in [-0.25, -0.2) is 14.8 Å². The Balaban J connectivity index is 2.77. The van der Waals surface area contributed by atoms with E-state index in [1.54, 1.807) is 4.57 Å². The molecule has 0 saturated heterocycles. The number of carboxylic acids is 1. The van der Waals surface area contributed by atoms with Gasteiger partial charge in [0, 0.05) is 23.0 Å². The maximum atomic E-state index is 10.6. The van der Waals surface area contributed by atoms with E-state index >= 15 is 0 Å². The summed E-state index contributed by atoms with van der Waals surface area (Å²) in [6, 6.07) is 0. The van der Waals surface area contributed by atoms with Crippen LogP contribution >= 0.6 is 22.6 Å². The summed E-state index contributed by atoms with van der Waals surface area (Å²) in [5, 5.41) is 9.58. The first-order valence-electron chi connectivity index (χ1n) is 3.80. The Bertz CT molecular complexity index is 521. The van der Waals surface area contributed by atoms with E-state index in [1.165, 1.54) is 6.20 Å². The first-order valence-corrected chi connectivity index (χ1v) is 4.88. The normalized spacial score (nSPS) is 10.7. The molecule has 0 aliphatic heterocycles. The zero-order chi connectivity index (χ0) is 10.3. The van der Waals surface area contributed by atoms with Crippen molar-refractivity contribution in [2.75, 3.05) is 0 Å². The maximum absolute atomic E-state index is 10.6. The van der Waals surface area contributed by atoms with Crippen molar-refractivity contribution in [2.45, 2.75) is 0 Å². The van der Waals surface area contributed by atoms with Crippen LogP contribution in [0.3, 0.4) is 0 Å². The lowest BCUT2D eigenvalue weighted by atomic mass is 10.4. The Hall–Kier alpha value is -1.18. The van der Waals surface area contributed by atoms with Gasteiger partial charge < -0.3 is 9.67 Å². The van der Waals surface area contributed by atoms with E-state index in [0.29, 0.717) is 5.65 Å². The van der Waals surface area contributed by atoms with Gasteiger partial charge in [-0.2, -0.15) is 0 Å². The van der Waals surface area contributed by atoms with Gasteiger partial charge in [-0.05, 0) is 22.6 Å². The van der Waals surface area contributed by atoms with Crippen LogP contribution in [0.1, 0.15) is 10.6 Å². The van der Waals surface area contributed by atoms with Crippen molar-refractivity contribution in [3.8, 4) is 0 Å². The number of aromatic nitrogens is 3. The van der Waals surface area contributed by atoms with Crippen LogP contribution in [-0.2, 0) is 7.05 Å². The quantitative estimate of drug-likeness (QED) is 0.806. The summed E-state index contributed by atoms with van der Waals surface area (Å²) < 4.78 is 2.79. The van der Waals surface area contributed by atoms with Gasteiger partial charge in [0.1, 0.15) is 5.65 Å². The van der Waals surface area contributed by atoms with Crippen LogP contribution in [0, 0.1) is 3.57 Å². The molecule has 2 heterocycles. The summed E-state index contributed by atoms with van der Waals surface area (Å²) in [4.78, 5) is 18.3. The predicted molar refractivity (Wildman–Crippen MR) is 58.2 cm³/mol. The van der Waals surface area contributed by atoms with E-state index in [9.17, 15) is 4.79 Å². The molecule has 0 aliphatic carbocycles. The van der Waals surface area contributed by atoms with Gasteiger partial charge in [0.2, 0.25) is 5.82 Å². The molecule has 0 fully saturated rings.